The highest BCUT2D eigenvalue weighted by molar-refractivity contribution is 7.95. The van der Waals surface area contributed by atoms with Crippen LogP contribution in [0.5, 0.6) is 0 Å². The summed E-state index contributed by atoms with van der Waals surface area (Å²) >= 11 is 0. The smallest absolute Gasteiger partial charge is 0.158 e. The quantitative estimate of drug-likeness (QED) is 0.653. The molecule has 96 valence electrons. The Balaban J connectivity index is 4.43. The van der Waals surface area contributed by atoms with Gasteiger partial charge in [-0.2, -0.15) is 0 Å². The van der Waals surface area contributed by atoms with E-state index in [2.05, 4.69) is 0 Å². The molecule has 5 nitrogen and oxygen atoms in total. The van der Waals surface area contributed by atoms with Crippen LogP contribution in [-0.4, -0.2) is 46.1 Å². The first-order valence-corrected chi connectivity index (χ1v) is 8.86. The number of hydrogen-bond acceptors (Lipinski definition) is 5. The van der Waals surface area contributed by atoms with Gasteiger partial charge in [0.25, 0.3) is 0 Å². The summed E-state index contributed by atoms with van der Waals surface area (Å²) in [5, 5.41) is 0. The summed E-state index contributed by atoms with van der Waals surface area (Å²) in [7, 11) is -6.91. The molecule has 0 radical (unpaired) electrons. The Morgan fingerprint density at radius 3 is 2.00 bits per heavy atom. The second-order valence-corrected chi connectivity index (χ2v) is 8.44. The van der Waals surface area contributed by atoms with Gasteiger partial charge in [0.05, 0.1) is 11.5 Å². The van der Waals surface area contributed by atoms with Gasteiger partial charge in [0.15, 0.2) is 15.6 Å². The van der Waals surface area contributed by atoms with E-state index in [9.17, 15) is 21.6 Å². The monoisotopic (exact) mass is 270 g/mol. The highest BCUT2D eigenvalue weighted by Crippen LogP contribution is 2.05. The van der Waals surface area contributed by atoms with E-state index in [0.29, 0.717) is 6.42 Å². The fraction of sp³-hybridized carbons (Fsp3) is 0.889. The van der Waals surface area contributed by atoms with Crippen LogP contribution in [0.25, 0.3) is 0 Å². The van der Waals surface area contributed by atoms with Crippen molar-refractivity contribution in [3.8, 4) is 0 Å². The lowest BCUT2D eigenvalue weighted by atomic mass is 10.1. The molecule has 0 aliphatic carbocycles. The van der Waals surface area contributed by atoms with Crippen molar-refractivity contribution in [1.82, 2.24) is 0 Å². The van der Waals surface area contributed by atoms with Crippen molar-refractivity contribution in [2.24, 2.45) is 5.92 Å². The minimum absolute atomic E-state index is 0.298. The molecule has 7 heteroatoms. The maximum Gasteiger partial charge on any atom is 0.158 e. The van der Waals surface area contributed by atoms with E-state index >= 15 is 0 Å². The zero-order chi connectivity index (χ0) is 13.0. The fourth-order valence-corrected chi connectivity index (χ4v) is 4.03. The molecule has 0 aliphatic heterocycles. The molecule has 0 aliphatic rings. The summed E-state index contributed by atoms with van der Waals surface area (Å²) in [4.78, 5) is 11.4. The van der Waals surface area contributed by atoms with Gasteiger partial charge < -0.3 is 0 Å². The largest absolute Gasteiger partial charge is 0.298 e. The number of Topliss-reactive ketones (excluding diaryl/α,β-unsaturated/α-hetero) is 1. The lowest BCUT2D eigenvalue weighted by Crippen LogP contribution is -2.26. The molecule has 0 heterocycles. The molecule has 0 bridgehead atoms. The minimum Gasteiger partial charge on any atom is -0.298 e. The number of carbonyl (C=O) groups excluding carboxylic acids is 1. The third-order valence-corrected chi connectivity index (χ3v) is 5.04. The van der Waals surface area contributed by atoms with Crippen LogP contribution < -0.4 is 0 Å². The van der Waals surface area contributed by atoms with E-state index in [1.165, 1.54) is 0 Å². The molecule has 0 saturated carbocycles. The van der Waals surface area contributed by atoms with Crippen LogP contribution in [0.2, 0.25) is 0 Å². The number of ketones is 1. The number of hydrogen-bond donors (Lipinski definition) is 0. The highest BCUT2D eigenvalue weighted by Gasteiger charge is 2.21. The lowest BCUT2D eigenvalue weighted by Gasteiger charge is -2.07. The minimum atomic E-state index is -3.60. The van der Waals surface area contributed by atoms with Crippen molar-refractivity contribution >= 4 is 25.5 Å². The number of sulfone groups is 2. The van der Waals surface area contributed by atoms with Crippen LogP contribution in [0.3, 0.4) is 0 Å². The van der Waals surface area contributed by atoms with Gasteiger partial charge in [-0.15, -0.1) is 0 Å². The van der Waals surface area contributed by atoms with Crippen molar-refractivity contribution in [2.45, 2.75) is 20.3 Å². The molecule has 0 aromatic carbocycles. The molecular weight excluding hydrogens is 252 g/mol. The van der Waals surface area contributed by atoms with E-state index in [1.807, 2.05) is 0 Å². The van der Waals surface area contributed by atoms with Crippen LogP contribution in [0.1, 0.15) is 20.3 Å². The summed E-state index contributed by atoms with van der Waals surface area (Å²) in [6, 6.07) is 0. The SMILES string of the molecule is CCC(C)C(=O)CS(=O)(=O)CCS(C)(=O)=O. The Labute approximate surface area is 97.1 Å². The molecule has 1 atom stereocenters. The normalized spacial score (nSPS) is 14.7. The van der Waals surface area contributed by atoms with E-state index in [-0.39, 0.29) is 11.7 Å². The van der Waals surface area contributed by atoms with Gasteiger partial charge in [-0.05, 0) is 6.42 Å². The first-order chi connectivity index (χ1) is 7.07. The standard InChI is InChI=1S/C9H18O5S2/c1-4-8(2)9(10)7-16(13,14)6-5-15(3,11)12/h8H,4-7H2,1-3H3. The Hall–Kier alpha value is -0.430. The third-order valence-electron chi connectivity index (χ3n) is 2.29. The Morgan fingerprint density at radius 1 is 1.12 bits per heavy atom. The Bertz CT molecular complexity index is 433. The van der Waals surface area contributed by atoms with Gasteiger partial charge in [-0.25, -0.2) is 16.8 Å². The molecule has 0 aromatic rings. The average Bonchev–Trinajstić information content (AvgIpc) is 2.12. The van der Waals surface area contributed by atoms with Crippen molar-refractivity contribution in [1.29, 1.82) is 0 Å². The van der Waals surface area contributed by atoms with Crippen LogP contribution in [0, 0.1) is 5.92 Å². The van der Waals surface area contributed by atoms with E-state index in [1.54, 1.807) is 13.8 Å². The van der Waals surface area contributed by atoms with Gasteiger partial charge in [-0.3, -0.25) is 4.79 Å². The Kier molecular flexibility index (Phi) is 5.61. The van der Waals surface area contributed by atoms with Crippen LogP contribution in [0.4, 0.5) is 0 Å². The lowest BCUT2D eigenvalue weighted by molar-refractivity contribution is -0.119. The van der Waals surface area contributed by atoms with Crippen molar-refractivity contribution in [3.05, 3.63) is 0 Å². The van der Waals surface area contributed by atoms with Crippen molar-refractivity contribution in [2.75, 3.05) is 23.5 Å². The van der Waals surface area contributed by atoms with Gasteiger partial charge in [0, 0.05) is 12.2 Å². The zero-order valence-corrected chi connectivity index (χ0v) is 11.4. The fourth-order valence-electron chi connectivity index (χ4n) is 0.937. The van der Waals surface area contributed by atoms with Gasteiger partial charge in [0.2, 0.25) is 0 Å². The topological polar surface area (TPSA) is 85.3 Å². The first kappa shape index (κ1) is 15.6. The van der Waals surface area contributed by atoms with Gasteiger partial charge in [0.1, 0.15) is 15.6 Å². The molecule has 0 aromatic heterocycles. The summed E-state index contributed by atoms with van der Waals surface area (Å²) < 4.78 is 44.5. The zero-order valence-electron chi connectivity index (χ0n) is 9.76. The highest BCUT2D eigenvalue weighted by atomic mass is 32.2. The predicted molar refractivity (Wildman–Crippen MR) is 62.8 cm³/mol. The van der Waals surface area contributed by atoms with E-state index in [4.69, 9.17) is 0 Å². The average molecular weight is 270 g/mol. The second kappa shape index (κ2) is 5.77. The maximum atomic E-state index is 11.4. The molecule has 0 amide bonds. The predicted octanol–water partition coefficient (Wildman–Crippen LogP) is 0.0610. The van der Waals surface area contributed by atoms with E-state index in [0.717, 1.165) is 6.26 Å². The number of carbonyl (C=O) groups is 1. The van der Waals surface area contributed by atoms with Crippen molar-refractivity contribution < 1.29 is 21.6 Å². The summed E-state index contributed by atoms with van der Waals surface area (Å²) in [5.41, 5.74) is 0. The van der Waals surface area contributed by atoms with Crippen LogP contribution in [0.15, 0.2) is 0 Å². The molecule has 16 heavy (non-hydrogen) atoms. The Morgan fingerprint density at radius 2 is 1.62 bits per heavy atom. The van der Waals surface area contributed by atoms with E-state index < -0.39 is 36.9 Å². The second-order valence-electron chi connectivity index (χ2n) is 4.00. The molecule has 0 saturated heterocycles. The molecule has 0 spiro atoms. The van der Waals surface area contributed by atoms with Crippen LogP contribution >= 0.6 is 0 Å². The summed E-state index contributed by atoms with van der Waals surface area (Å²) in [5.74, 6) is -2.11. The number of rotatable bonds is 7. The molecule has 0 fully saturated rings. The third kappa shape index (κ3) is 6.95. The first-order valence-electron chi connectivity index (χ1n) is 4.98. The molecular formula is C9H18O5S2. The summed E-state index contributed by atoms with van der Waals surface area (Å²) in [6.07, 6.45) is 1.55. The summed E-state index contributed by atoms with van der Waals surface area (Å²) in [6.45, 7) is 3.46. The molecule has 1 unspecified atom stereocenters. The van der Waals surface area contributed by atoms with Gasteiger partial charge in [-0.1, -0.05) is 13.8 Å². The molecule has 0 N–H and O–H groups in total. The van der Waals surface area contributed by atoms with Crippen molar-refractivity contribution in [3.63, 3.8) is 0 Å². The maximum absolute atomic E-state index is 11.4. The van der Waals surface area contributed by atoms with Gasteiger partial charge >= 0.3 is 0 Å². The molecule has 0 rings (SSSR count). The van der Waals surface area contributed by atoms with Crippen LogP contribution in [-0.2, 0) is 24.5 Å².